The number of benzene rings is 1. The van der Waals surface area contributed by atoms with E-state index in [9.17, 15) is 39.5 Å². The third-order valence-electron chi connectivity index (χ3n) is 4.61. The summed E-state index contributed by atoms with van der Waals surface area (Å²) in [4.78, 5) is 0. The van der Waals surface area contributed by atoms with Gasteiger partial charge in [0.05, 0.1) is 0 Å². The monoisotopic (exact) mass is 485 g/mol. The highest BCUT2D eigenvalue weighted by molar-refractivity contribution is 5.54. The molecule has 2 atom stereocenters. The fourth-order valence-electron chi connectivity index (χ4n) is 3.20. The van der Waals surface area contributed by atoms with Crippen LogP contribution in [0.3, 0.4) is 0 Å². The summed E-state index contributed by atoms with van der Waals surface area (Å²) in [7, 11) is 0. The molecule has 1 rings (SSSR count). The molecule has 0 amide bonds. The van der Waals surface area contributed by atoms with Gasteiger partial charge in [0.1, 0.15) is 5.75 Å². The molecular formula is C19H24F9NO3. The Morgan fingerprint density at radius 3 is 1.81 bits per heavy atom. The van der Waals surface area contributed by atoms with Crippen LogP contribution in [0.2, 0.25) is 0 Å². The first kappa shape index (κ1) is 28.0. The van der Waals surface area contributed by atoms with E-state index in [1.54, 1.807) is 0 Å². The van der Waals surface area contributed by atoms with Crippen LogP contribution in [0, 0.1) is 11.8 Å². The van der Waals surface area contributed by atoms with Crippen molar-refractivity contribution in [3.63, 3.8) is 0 Å². The molecule has 13 heteroatoms. The van der Waals surface area contributed by atoms with Crippen molar-refractivity contribution in [3.05, 3.63) is 17.7 Å². The smallest absolute Gasteiger partial charge is 0.405 e. The Morgan fingerprint density at radius 2 is 1.34 bits per heavy atom. The molecule has 2 unspecified atom stereocenters. The molecule has 1 aromatic rings. The largest absolute Gasteiger partial charge is 0.573 e. The summed E-state index contributed by atoms with van der Waals surface area (Å²) < 4.78 is 126. The van der Waals surface area contributed by atoms with Crippen LogP contribution in [-0.4, -0.2) is 25.6 Å². The van der Waals surface area contributed by atoms with E-state index in [1.165, 1.54) is 0 Å². The Hall–Kier alpha value is -2.05. The summed E-state index contributed by atoms with van der Waals surface area (Å²) in [6.45, 7) is 4.16. The molecule has 0 bridgehead atoms. The second-order valence-electron chi connectivity index (χ2n) is 7.26. The maximum atomic E-state index is 12.9. The van der Waals surface area contributed by atoms with Crippen LogP contribution in [0.15, 0.2) is 12.1 Å². The summed E-state index contributed by atoms with van der Waals surface area (Å²) in [6, 6.07) is 0.734. The summed E-state index contributed by atoms with van der Waals surface area (Å²) in [6.07, 6.45) is -14.8. The van der Waals surface area contributed by atoms with Crippen molar-refractivity contribution in [3.8, 4) is 17.2 Å². The minimum atomic E-state index is -5.49. The van der Waals surface area contributed by atoms with Gasteiger partial charge < -0.3 is 19.9 Å². The van der Waals surface area contributed by atoms with Crippen molar-refractivity contribution in [1.29, 1.82) is 0 Å². The normalized spacial score (nSPS) is 14.8. The van der Waals surface area contributed by atoms with Crippen LogP contribution in [-0.2, 0) is 6.42 Å². The van der Waals surface area contributed by atoms with Crippen molar-refractivity contribution in [2.75, 3.05) is 6.54 Å². The third kappa shape index (κ3) is 10.5. The maximum Gasteiger partial charge on any atom is 0.573 e. The van der Waals surface area contributed by atoms with Crippen molar-refractivity contribution >= 4 is 0 Å². The van der Waals surface area contributed by atoms with E-state index in [0.29, 0.717) is 31.9 Å². The summed E-state index contributed by atoms with van der Waals surface area (Å²) >= 11 is 0. The molecule has 186 valence electrons. The Balaban J connectivity index is 3.32. The van der Waals surface area contributed by atoms with E-state index >= 15 is 0 Å². The summed E-state index contributed by atoms with van der Waals surface area (Å²) in [5.74, 6) is -3.84. The molecule has 0 heterocycles. The van der Waals surface area contributed by atoms with Crippen LogP contribution in [0.1, 0.15) is 45.1 Å². The second-order valence-corrected chi connectivity index (χ2v) is 7.26. The van der Waals surface area contributed by atoms with E-state index in [0.717, 1.165) is 0 Å². The van der Waals surface area contributed by atoms with Crippen LogP contribution in [0.25, 0.3) is 0 Å². The fourth-order valence-corrected chi connectivity index (χ4v) is 3.20. The number of hydrogen-bond donors (Lipinski definition) is 1. The average Bonchev–Trinajstić information content (AvgIpc) is 2.61. The molecule has 2 N–H and O–H groups in total. The summed E-state index contributed by atoms with van der Waals surface area (Å²) in [5, 5.41) is 0. The zero-order chi connectivity index (χ0) is 24.7. The lowest BCUT2D eigenvalue weighted by Crippen LogP contribution is -2.23. The van der Waals surface area contributed by atoms with Gasteiger partial charge >= 0.3 is 19.1 Å². The average molecular weight is 485 g/mol. The lowest BCUT2D eigenvalue weighted by Gasteiger charge is -2.22. The molecule has 1 aromatic carbocycles. The van der Waals surface area contributed by atoms with E-state index < -0.39 is 48.3 Å². The molecule has 0 saturated carbocycles. The minimum Gasteiger partial charge on any atom is -0.405 e. The van der Waals surface area contributed by atoms with Crippen molar-refractivity contribution in [1.82, 2.24) is 0 Å². The molecule has 0 spiro atoms. The highest BCUT2D eigenvalue weighted by Gasteiger charge is 2.40. The van der Waals surface area contributed by atoms with Gasteiger partial charge in [0, 0.05) is 5.56 Å². The number of alkyl halides is 9. The van der Waals surface area contributed by atoms with Crippen LogP contribution in [0.5, 0.6) is 17.2 Å². The van der Waals surface area contributed by atoms with Crippen LogP contribution in [0.4, 0.5) is 39.5 Å². The second kappa shape index (κ2) is 11.2. The van der Waals surface area contributed by atoms with Gasteiger partial charge in [0.2, 0.25) is 0 Å². The highest BCUT2D eigenvalue weighted by atomic mass is 19.4. The van der Waals surface area contributed by atoms with E-state index in [-0.39, 0.29) is 24.3 Å². The van der Waals surface area contributed by atoms with Crippen LogP contribution >= 0.6 is 0 Å². The molecule has 0 aliphatic heterocycles. The molecular weight excluding hydrogens is 461 g/mol. The van der Waals surface area contributed by atoms with Gasteiger partial charge in [-0.05, 0) is 49.8 Å². The number of nitrogens with two attached hydrogens (primary N) is 1. The van der Waals surface area contributed by atoms with Gasteiger partial charge in [-0.3, -0.25) is 0 Å². The highest BCUT2D eigenvalue weighted by Crippen LogP contribution is 2.44. The van der Waals surface area contributed by atoms with Gasteiger partial charge in [0.25, 0.3) is 0 Å². The van der Waals surface area contributed by atoms with Gasteiger partial charge in [-0.15, -0.1) is 39.5 Å². The van der Waals surface area contributed by atoms with Crippen molar-refractivity contribution in [2.24, 2.45) is 17.6 Å². The Morgan fingerprint density at radius 1 is 0.844 bits per heavy atom. The van der Waals surface area contributed by atoms with E-state index in [1.807, 2.05) is 13.8 Å². The summed E-state index contributed by atoms with van der Waals surface area (Å²) in [5.41, 5.74) is 4.74. The maximum absolute atomic E-state index is 12.9. The first-order valence-corrected chi connectivity index (χ1v) is 9.67. The number of hydrogen-bond acceptors (Lipinski definition) is 4. The quantitative estimate of drug-likeness (QED) is 0.354. The molecule has 4 nitrogen and oxygen atoms in total. The number of ether oxygens (including phenoxy) is 3. The molecule has 0 aliphatic carbocycles. The van der Waals surface area contributed by atoms with Gasteiger partial charge in [-0.1, -0.05) is 26.7 Å². The standard InChI is InChI=1S/C19H24F9NO3/c1-3-12(9-11(2)10-29)5-4-6-13-14(30-17(20,21)22)7-8-15(31-18(23,24)25)16(13)32-19(26,27)28/h7-8,11-12H,3-6,9-10,29H2,1-2H3. The topological polar surface area (TPSA) is 53.7 Å². The van der Waals surface area contributed by atoms with Crippen LogP contribution < -0.4 is 19.9 Å². The predicted molar refractivity (Wildman–Crippen MR) is 96.0 cm³/mol. The lowest BCUT2D eigenvalue weighted by atomic mass is 9.88. The van der Waals surface area contributed by atoms with Gasteiger partial charge in [-0.2, -0.15) is 0 Å². The third-order valence-corrected chi connectivity index (χ3v) is 4.61. The van der Waals surface area contributed by atoms with E-state index in [4.69, 9.17) is 5.73 Å². The minimum absolute atomic E-state index is 0.0632. The predicted octanol–water partition coefficient (Wildman–Crippen LogP) is 6.72. The molecule has 32 heavy (non-hydrogen) atoms. The van der Waals surface area contributed by atoms with Gasteiger partial charge in [0.15, 0.2) is 11.5 Å². The molecule has 0 saturated heterocycles. The van der Waals surface area contributed by atoms with E-state index in [2.05, 4.69) is 14.2 Å². The molecule has 0 aromatic heterocycles. The Bertz CT molecular complexity index is 718. The van der Waals surface area contributed by atoms with Crippen molar-refractivity contribution < 1.29 is 53.7 Å². The lowest BCUT2D eigenvalue weighted by molar-refractivity contribution is -0.288. The SMILES string of the molecule is CCC(CCCc1c(OC(F)(F)F)ccc(OC(F)(F)F)c1OC(F)(F)F)CC(C)CN. The zero-order valence-corrected chi connectivity index (χ0v) is 17.3. The van der Waals surface area contributed by atoms with Gasteiger partial charge in [-0.25, -0.2) is 0 Å². The van der Waals surface area contributed by atoms with Crippen molar-refractivity contribution in [2.45, 2.75) is 65.0 Å². The molecule has 0 radical (unpaired) electrons. The zero-order valence-electron chi connectivity index (χ0n) is 17.3. The Kier molecular flexibility index (Phi) is 9.79. The fraction of sp³-hybridized carbons (Fsp3) is 0.684. The Labute approximate surface area is 178 Å². The molecule has 0 aliphatic rings. The molecule has 0 fully saturated rings. The first-order chi connectivity index (χ1) is 14.5. The number of rotatable bonds is 11. The number of halogens is 9. The first-order valence-electron chi connectivity index (χ1n) is 9.67.